The number of ether oxygens (including phenoxy) is 1. The first-order chi connectivity index (χ1) is 6.36. The number of methoxy groups -OCH3 is 1. The summed E-state index contributed by atoms with van der Waals surface area (Å²) in [6.45, 7) is 0. The van der Waals surface area contributed by atoms with Crippen molar-refractivity contribution in [2.45, 2.75) is 4.90 Å². The van der Waals surface area contributed by atoms with Gasteiger partial charge in [-0.1, -0.05) is 23.2 Å². The van der Waals surface area contributed by atoms with Gasteiger partial charge in [-0.15, -0.1) is 0 Å². The van der Waals surface area contributed by atoms with Gasteiger partial charge in [-0.3, -0.25) is 0 Å². The minimum atomic E-state index is -3.88. The molecule has 0 atom stereocenters. The van der Waals surface area contributed by atoms with Crippen LogP contribution in [0.25, 0.3) is 0 Å². The average molecular weight is 256 g/mol. The summed E-state index contributed by atoms with van der Waals surface area (Å²) in [7, 11) is -2.50. The van der Waals surface area contributed by atoms with Crippen LogP contribution < -0.4 is 9.88 Å². The van der Waals surface area contributed by atoms with E-state index in [0.29, 0.717) is 0 Å². The first-order valence-corrected chi connectivity index (χ1v) is 5.72. The third-order valence-electron chi connectivity index (χ3n) is 1.51. The highest BCUT2D eigenvalue weighted by atomic mass is 35.5. The Morgan fingerprint density at radius 3 is 2.36 bits per heavy atom. The molecular weight excluding hydrogens is 249 g/mol. The van der Waals surface area contributed by atoms with E-state index in [4.69, 9.17) is 33.1 Å². The number of sulfonamides is 1. The highest BCUT2D eigenvalue weighted by Gasteiger charge is 2.17. The van der Waals surface area contributed by atoms with Crippen LogP contribution in [0.5, 0.6) is 5.75 Å². The van der Waals surface area contributed by atoms with Crippen molar-refractivity contribution in [2.24, 2.45) is 5.14 Å². The maximum Gasteiger partial charge on any atom is 0.239 e. The molecule has 0 heterocycles. The Balaban J connectivity index is 3.51. The molecule has 0 aliphatic heterocycles. The van der Waals surface area contributed by atoms with Gasteiger partial charge in [-0.05, 0) is 0 Å². The summed E-state index contributed by atoms with van der Waals surface area (Å²) in [6.07, 6.45) is 0. The van der Waals surface area contributed by atoms with Crippen LogP contribution in [0, 0.1) is 0 Å². The van der Waals surface area contributed by atoms with Gasteiger partial charge in [0.15, 0.2) is 0 Å². The Morgan fingerprint density at radius 1 is 1.36 bits per heavy atom. The van der Waals surface area contributed by atoms with E-state index < -0.39 is 10.0 Å². The molecule has 1 aromatic rings. The van der Waals surface area contributed by atoms with Gasteiger partial charge in [0.25, 0.3) is 0 Å². The van der Waals surface area contributed by atoms with Crippen molar-refractivity contribution in [3.8, 4) is 5.75 Å². The van der Waals surface area contributed by atoms with Crippen LogP contribution in [0.2, 0.25) is 10.0 Å². The number of benzene rings is 1. The fourth-order valence-electron chi connectivity index (χ4n) is 0.865. The van der Waals surface area contributed by atoms with E-state index in [1.807, 2.05) is 0 Å². The molecule has 0 saturated carbocycles. The second-order valence-corrected chi connectivity index (χ2v) is 4.78. The van der Waals surface area contributed by atoms with E-state index in [-0.39, 0.29) is 20.7 Å². The van der Waals surface area contributed by atoms with E-state index >= 15 is 0 Å². The van der Waals surface area contributed by atoms with Crippen LogP contribution in [0.15, 0.2) is 17.0 Å². The first-order valence-electron chi connectivity index (χ1n) is 3.42. The maximum atomic E-state index is 11.1. The molecule has 0 saturated heterocycles. The molecule has 0 aliphatic rings. The zero-order valence-electron chi connectivity index (χ0n) is 7.12. The Hall–Kier alpha value is -0.490. The molecule has 78 valence electrons. The summed E-state index contributed by atoms with van der Waals surface area (Å²) < 4.78 is 26.9. The molecular formula is C7H7Cl2NO3S. The predicted octanol–water partition coefficient (Wildman–Crippen LogP) is 1.65. The number of halogens is 2. The van der Waals surface area contributed by atoms with Crippen LogP contribution in [-0.4, -0.2) is 15.5 Å². The number of rotatable bonds is 2. The van der Waals surface area contributed by atoms with E-state index in [2.05, 4.69) is 0 Å². The van der Waals surface area contributed by atoms with Gasteiger partial charge < -0.3 is 4.74 Å². The van der Waals surface area contributed by atoms with Crippen molar-refractivity contribution in [3.05, 3.63) is 22.2 Å². The van der Waals surface area contributed by atoms with Gasteiger partial charge in [0.05, 0.1) is 17.2 Å². The lowest BCUT2D eigenvalue weighted by Crippen LogP contribution is -2.13. The summed E-state index contributed by atoms with van der Waals surface area (Å²) in [4.78, 5) is -0.247. The lowest BCUT2D eigenvalue weighted by atomic mass is 10.3. The molecule has 0 amide bonds. The Labute approximate surface area is 91.6 Å². The average Bonchev–Trinajstić information content (AvgIpc) is 2.07. The molecule has 1 rings (SSSR count). The van der Waals surface area contributed by atoms with Crippen LogP contribution in [-0.2, 0) is 10.0 Å². The Kier molecular flexibility index (Phi) is 3.26. The monoisotopic (exact) mass is 255 g/mol. The minimum Gasteiger partial charge on any atom is -0.497 e. The summed E-state index contributed by atoms with van der Waals surface area (Å²) >= 11 is 11.3. The van der Waals surface area contributed by atoms with Gasteiger partial charge in [0, 0.05) is 12.1 Å². The molecule has 0 aromatic heterocycles. The summed E-state index contributed by atoms with van der Waals surface area (Å²) in [5.41, 5.74) is 0. The quantitative estimate of drug-likeness (QED) is 0.874. The smallest absolute Gasteiger partial charge is 0.239 e. The van der Waals surface area contributed by atoms with Gasteiger partial charge in [-0.25, -0.2) is 13.6 Å². The molecule has 0 unspecified atom stereocenters. The number of hydrogen-bond donors (Lipinski definition) is 1. The van der Waals surface area contributed by atoms with E-state index in [1.165, 1.54) is 19.2 Å². The molecule has 4 nitrogen and oxygen atoms in total. The highest BCUT2D eigenvalue weighted by molar-refractivity contribution is 7.89. The molecule has 0 spiro atoms. The van der Waals surface area contributed by atoms with Crippen molar-refractivity contribution in [2.75, 3.05) is 7.11 Å². The Morgan fingerprint density at radius 2 is 1.93 bits per heavy atom. The van der Waals surface area contributed by atoms with Crippen molar-refractivity contribution in [1.82, 2.24) is 0 Å². The van der Waals surface area contributed by atoms with Crippen LogP contribution in [0.4, 0.5) is 0 Å². The van der Waals surface area contributed by atoms with Gasteiger partial charge >= 0.3 is 0 Å². The van der Waals surface area contributed by atoms with E-state index in [1.54, 1.807) is 0 Å². The topological polar surface area (TPSA) is 69.4 Å². The zero-order chi connectivity index (χ0) is 10.9. The standard InChI is InChI=1S/C7H7Cl2NO3S/c1-13-4-2-5(8)7(9)6(3-4)14(10,11)12/h2-3H,1H3,(H2,10,11,12). The van der Waals surface area contributed by atoms with Gasteiger partial charge in [0.1, 0.15) is 10.6 Å². The molecule has 0 fully saturated rings. The number of nitrogens with two attached hydrogens (primary N) is 1. The molecule has 2 N–H and O–H groups in total. The maximum absolute atomic E-state index is 11.1. The molecule has 0 aliphatic carbocycles. The molecule has 1 aromatic carbocycles. The van der Waals surface area contributed by atoms with Crippen molar-refractivity contribution in [3.63, 3.8) is 0 Å². The zero-order valence-corrected chi connectivity index (χ0v) is 9.45. The first kappa shape index (κ1) is 11.6. The molecule has 14 heavy (non-hydrogen) atoms. The minimum absolute atomic E-state index is 0.0787. The van der Waals surface area contributed by atoms with Crippen LogP contribution in [0.1, 0.15) is 0 Å². The summed E-state index contributed by atoms with van der Waals surface area (Å²) in [5, 5.41) is 4.90. The fraction of sp³-hybridized carbons (Fsp3) is 0.143. The summed E-state index contributed by atoms with van der Waals surface area (Å²) in [6, 6.07) is 2.61. The number of primary sulfonamides is 1. The van der Waals surface area contributed by atoms with Crippen molar-refractivity contribution in [1.29, 1.82) is 0 Å². The van der Waals surface area contributed by atoms with Gasteiger partial charge in [0.2, 0.25) is 10.0 Å². The second-order valence-electron chi connectivity index (χ2n) is 2.47. The van der Waals surface area contributed by atoms with Crippen molar-refractivity contribution < 1.29 is 13.2 Å². The lowest BCUT2D eigenvalue weighted by Gasteiger charge is -2.06. The summed E-state index contributed by atoms with van der Waals surface area (Å²) in [5.74, 6) is 0.281. The van der Waals surface area contributed by atoms with E-state index in [9.17, 15) is 8.42 Å². The highest BCUT2D eigenvalue weighted by Crippen LogP contribution is 2.32. The predicted molar refractivity (Wildman–Crippen MR) is 54.4 cm³/mol. The normalized spacial score (nSPS) is 11.4. The third kappa shape index (κ3) is 2.30. The van der Waals surface area contributed by atoms with Gasteiger partial charge in [-0.2, -0.15) is 0 Å². The molecule has 0 radical (unpaired) electrons. The fourth-order valence-corrected chi connectivity index (χ4v) is 2.20. The second kappa shape index (κ2) is 3.94. The number of hydrogen-bond acceptors (Lipinski definition) is 3. The largest absolute Gasteiger partial charge is 0.497 e. The van der Waals surface area contributed by atoms with E-state index in [0.717, 1.165) is 0 Å². The van der Waals surface area contributed by atoms with Crippen LogP contribution in [0.3, 0.4) is 0 Å². The molecule has 0 bridgehead atoms. The van der Waals surface area contributed by atoms with Crippen molar-refractivity contribution >= 4 is 33.2 Å². The third-order valence-corrected chi connectivity index (χ3v) is 3.36. The lowest BCUT2D eigenvalue weighted by molar-refractivity contribution is 0.413. The molecule has 7 heteroatoms. The van der Waals surface area contributed by atoms with Crippen LogP contribution >= 0.6 is 23.2 Å². The SMILES string of the molecule is COc1cc(Cl)c(Cl)c(S(N)(=O)=O)c1. The Bertz CT molecular complexity index is 458.